The average Bonchev–Trinajstić information content (AvgIpc) is 2.93. The molecule has 0 fully saturated rings. The summed E-state index contributed by atoms with van der Waals surface area (Å²) in [5, 5.41) is 2.78. The Balaban J connectivity index is 1.78. The Morgan fingerprint density at radius 1 is 1.00 bits per heavy atom. The van der Waals surface area contributed by atoms with Gasteiger partial charge in [0.25, 0.3) is 5.91 Å². The molecule has 3 aromatic rings. The van der Waals surface area contributed by atoms with Crippen LogP contribution in [0.3, 0.4) is 0 Å². The van der Waals surface area contributed by atoms with Gasteiger partial charge in [0.1, 0.15) is 0 Å². The molecule has 0 atom stereocenters. The van der Waals surface area contributed by atoms with E-state index in [0.717, 1.165) is 11.1 Å². The van der Waals surface area contributed by atoms with Crippen molar-refractivity contribution >= 4 is 11.9 Å². The fourth-order valence-corrected chi connectivity index (χ4v) is 2.10. The van der Waals surface area contributed by atoms with E-state index in [4.69, 9.17) is 0 Å². The Bertz CT molecular complexity index is 745. The third-order valence-corrected chi connectivity index (χ3v) is 3.30. The van der Waals surface area contributed by atoms with Crippen LogP contribution >= 0.6 is 0 Å². The fourth-order valence-electron chi connectivity index (χ4n) is 2.10. The average molecular weight is 277 g/mol. The minimum atomic E-state index is -0.163. The maximum Gasteiger partial charge on any atom is 0.257 e. The van der Waals surface area contributed by atoms with Crippen molar-refractivity contribution in [3.05, 3.63) is 72.6 Å². The van der Waals surface area contributed by atoms with E-state index in [1.807, 2.05) is 61.6 Å². The molecule has 0 aliphatic rings. The zero-order chi connectivity index (χ0) is 14.7. The minimum Gasteiger partial charge on any atom is -0.320 e. The van der Waals surface area contributed by atoms with Crippen molar-refractivity contribution in [3.63, 3.8) is 0 Å². The molecular weight excluding hydrogens is 262 g/mol. The first kappa shape index (κ1) is 13.1. The molecule has 0 unspecified atom stereocenters. The number of rotatable bonds is 3. The first-order valence-electron chi connectivity index (χ1n) is 6.68. The summed E-state index contributed by atoms with van der Waals surface area (Å²) in [6.07, 6.45) is 3.43. The van der Waals surface area contributed by atoms with Gasteiger partial charge in [0.05, 0.1) is 0 Å². The second kappa shape index (κ2) is 5.63. The summed E-state index contributed by atoms with van der Waals surface area (Å²) in [5.74, 6) is 0.371. The molecule has 1 N–H and O–H groups in total. The number of nitrogens with zero attached hydrogens (tertiary/aromatic N) is 2. The molecule has 0 radical (unpaired) electrons. The number of amides is 1. The van der Waals surface area contributed by atoms with Gasteiger partial charge in [-0.15, -0.1) is 0 Å². The quantitative estimate of drug-likeness (QED) is 0.798. The molecular formula is C17H15N3O. The van der Waals surface area contributed by atoms with Crippen molar-refractivity contribution in [1.82, 2.24) is 9.55 Å². The maximum absolute atomic E-state index is 12.1. The highest BCUT2D eigenvalue weighted by Gasteiger charge is 2.08. The van der Waals surface area contributed by atoms with Crippen LogP contribution in [-0.2, 0) is 7.05 Å². The summed E-state index contributed by atoms with van der Waals surface area (Å²) in [6.45, 7) is 0. The summed E-state index contributed by atoms with van der Waals surface area (Å²) in [7, 11) is 1.83. The molecule has 1 amide bonds. The van der Waals surface area contributed by atoms with E-state index in [2.05, 4.69) is 10.3 Å². The molecule has 0 aliphatic carbocycles. The maximum atomic E-state index is 12.1. The van der Waals surface area contributed by atoms with Crippen LogP contribution < -0.4 is 5.32 Å². The number of hydrogen-bond donors (Lipinski definition) is 1. The molecule has 104 valence electrons. The van der Waals surface area contributed by atoms with E-state index in [-0.39, 0.29) is 5.91 Å². The molecule has 0 saturated carbocycles. The van der Waals surface area contributed by atoms with Crippen molar-refractivity contribution < 1.29 is 4.79 Å². The zero-order valence-electron chi connectivity index (χ0n) is 11.7. The first-order valence-corrected chi connectivity index (χ1v) is 6.68. The van der Waals surface area contributed by atoms with Crippen molar-refractivity contribution in [2.75, 3.05) is 5.32 Å². The lowest BCUT2D eigenvalue weighted by Gasteiger charge is -2.06. The van der Waals surface area contributed by atoms with Gasteiger partial charge in [0, 0.05) is 25.0 Å². The van der Waals surface area contributed by atoms with E-state index in [1.165, 1.54) is 0 Å². The monoisotopic (exact) mass is 277 g/mol. The predicted octanol–water partition coefficient (Wildman–Crippen LogP) is 3.34. The van der Waals surface area contributed by atoms with Gasteiger partial charge < -0.3 is 4.57 Å². The Morgan fingerprint density at radius 3 is 2.29 bits per heavy atom. The Morgan fingerprint density at radius 2 is 1.67 bits per heavy atom. The van der Waals surface area contributed by atoms with Crippen molar-refractivity contribution in [2.45, 2.75) is 0 Å². The van der Waals surface area contributed by atoms with Crippen LogP contribution in [0.4, 0.5) is 5.95 Å². The third kappa shape index (κ3) is 2.84. The summed E-state index contributed by atoms with van der Waals surface area (Å²) in [6, 6.07) is 17.6. The van der Waals surface area contributed by atoms with Gasteiger partial charge in [-0.25, -0.2) is 4.98 Å². The van der Waals surface area contributed by atoms with Crippen LogP contribution in [-0.4, -0.2) is 15.5 Å². The van der Waals surface area contributed by atoms with Crippen LogP contribution in [0.25, 0.3) is 11.1 Å². The van der Waals surface area contributed by atoms with Gasteiger partial charge in [-0.3, -0.25) is 10.1 Å². The summed E-state index contributed by atoms with van der Waals surface area (Å²) in [4.78, 5) is 16.2. The van der Waals surface area contributed by atoms with Crippen LogP contribution in [0.1, 0.15) is 10.4 Å². The number of aromatic nitrogens is 2. The van der Waals surface area contributed by atoms with Gasteiger partial charge in [-0.1, -0.05) is 42.5 Å². The van der Waals surface area contributed by atoms with Crippen LogP contribution in [0.5, 0.6) is 0 Å². The molecule has 4 heteroatoms. The van der Waals surface area contributed by atoms with Gasteiger partial charge in [0.15, 0.2) is 0 Å². The molecule has 0 aliphatic heterocycles. The number of carbonyl (C=O) groups is 1. The number of aryl methyl sites for hydroxylation is 1. The molecule has 21 heavy (non-hydrogen) atoms. The van der Waals surface area contributed by atoms with Crippen LogP contribution in [0, 0.1) is 0 Å². The van der Waals surface area contributed by atoms with E-state index in [9.17, 15) is 4.79 Å². The van der Waals surface area contributed by atoms with E-state index >= 15 is 0 Å². The zero-order valence-corrected chi connectivity index (χ0v) is 11.7. The Labute approximate surface area is 123 Å². The lowest BCUT2D eigenvalue weighted by Crippen LogP contribution is -2.14. The van der Waals surface area contributed by atoms with E-state index in [0.29, 0.717) is 11.5 Å². The second-order valence-electron chi connectivity index (χ2n) is 4.76. The van der Waals surface area contributed by atoms with Gasteiger partial charge in [-0.05, 0) is 23.3 Å². The SMILES string of the molecule is Cn1ccnc1NC(=O)c1ccc(-c2ccccc2)cc1. The molecule has 3 rings (SSSR count). The number of carbonyl (C=O) groups excluding carboxylic acids is 1. The number of imidazole rings is 1. The van der Waals surface area contributed by atoms with E-state index < -0.39 is 0 Å². The highest BCUT2D eigenvalue weighted by molar-refractivity contribution is 6.03. The predicted molar refractivity (Wildman–Crippen MR) is 83.0 cm³/mol. The number of nitrogens with one attached hydrogen (secondary N) is 1. The fraction of sp³-hybridized carbons (Fsp3) is 0.0588. The summed E-state index contributed by atoms with van der Waals surface area (Å²) >= 11 is 0. The van der Waals surface area contributed by atoms with Crippen molar-refractivity contribution in [3.8, 4) is 11.1 Å². The standard InChI is InChI=1S/C17H15N3O/c1-20-12-11-18-17(20)19-16(21)15-9-7-14(8-10-15)13-5-3-2-4-6-13/h2-12H,1H3,(H,18,19,21). The Hall–Kier alpha value is -2.88. The lowest BCUT2D eigenvalue weighted by molar-refractivity contribution is 0.102. The van der Waals surface area contributed by atoms with Gasteiger partial charge in [0.2, 0.25) is 5.95 Å². The number of hydrogen-bond acceptors (Lipinski definition) is 2. The molecule has 1 heterocycles. The van der Waals surface area contributed by atoms with E-state index in [1.54, 1.807) is 17.0 Å². The van der Waals surface area contributed by atoms with Crippen molar-refractivity contribution in [1.29, 1.82) is 0 Å². The van der Waals surface area contributed by atoms with Gasteiger partial charge in [-0.2, -0.15) is 0 Å². The topological polar surface area (TPSA) is 46.9 Å². The highest BCUT2D eigenvalue weighted by atomic mass is 16.1. The van der Waals surface area contributed by atoms with Gasteiger partial charge >= 0.3 is 0 Å². The smallest absolute Gasteiger partial charge is 0.257 e. The molecule has 0 saturated heterocycles. The van der Waals surface area contributed by atoms with Crippen LogP contribution in [0.2, 0.25) is 0 Å². The first-order chi connectivity index (χ1) is 10.2. The van der Waals surface area contributed by atoms with Crippen LogP contribution in [0.15, 0.2) is 67.0 Å². The number of anilines is 1. The third-order valence-electron chi connectivity index (χ3n) is 3.30. The minimum absolute atomic E-state index is 0.163. The molecule has 1 aromatic heterocycles. The highest BCUT2D eigenvalue weighted by Crippen LogP contribution is 2.19. The van der Waals surface area contributed by atoms with Crippen molar-refractivity contribution in [2.24, 2.45) is 7.05 Å². The molecule has 0 bridgehead atoms. The summed E-state index contributed by atoms with van der Waals surface area (Å²) < 4.78 is 1.76. The number of benzene rings is 2. The largest absolute Gasteiger partial charge is 0.320 e. The Kier molecular flexibility index (Phi) is 3.51. The second-order valence-corrected chi connectivity index (χ2v) is 4.76. The molecule has 4 nitrogen and oxygen atoms in total. The lowest BCUT2D eigenvalue weighted by atomic mass is 10.0. The molecule has 0 spiro atoms. The normalized spacial score (nSPS) is 10.3. The summed E-state index contributed by atoms with van der Waals surface area (Å²) in [5.41, 5.74) is 2.83. The molecule has 2 aromatic carbocycles.